The highest BCUT2D eigenvalue weighted by molar-refractivity contribution is 7.42. The van der Waals surface area contributed by atoms with Crippen molar-refractivity contribution >= 4 is 17.2 Å². The van der Waals surface area contributed by atoms with Crippen LogP contribution in [-0.4, -0.2) is 13.7 Å². The molecule has 0 fully saturated rings. The lowest BCUT2D eigenvalue weighted by Gasteiger charge is -2.28. The van der Waals surface area contributed by atoms with Crippen LogP contribution in [0.2, 0.25) is 0 Å². The molecule has 0 bridgehead atoms. The van der Waals surface area contributed by atoms with E-state index in [0.29, 0.717) is 6.61 Å². The molecule has 55 heavy (non-hydrogen) atoms. The van der Waals surface area contributed by atoms with E-state index in [4.69, 9.17) is 27.1 Å². The minimum Gasteiger partial charge on any atom is -0.417 e. The molecule has 0 aliphatic heterocycles. The molecule has 0 aromatic heterocycles. The van der Waals surface area contributed by atoms with Crippen LogP contribution in [0.25, 0.3) is 0 Å². The minimum absolute atomic E-state index is 0.0324. The van der Waals surface area contributed by atoms with E-state index >= 15 is 0 Å². The highest BCUT2D eigenvalue weighted by atomic mass is 31.2. The summed E-state index contributed by atoms with van der Waals surface area (Å²) in [5, 5.41) is 0. The Morgan fingerprint density at radius 2 is 0.636 bits per heavy atom. The van der Waals surface area contributed by atoms with Gasteiger partial charge in [-0.05, 0) is 78.5 Å². The lowest BCUT2D eigenvalue weighted by atomic mass is 9.85. The fourth-order valence-corrected chi connectivity index (χ4v) is 8.13. The molecule has 4 rings (SSSR count). The number of benzene rings is 4. The maximum absolute atomic E-state index is 6.39. The number of rotatable bonds is 11. The third kappa shape index (κ3) is 12.7. The molecule has 4 aromatic carbocycles. The molecular formula is C47H68O6P2. The summed E-state index contributed by atoms with van der Waals surface area (Å²) in [6.07, 6.45) is 0. The normalized spacial score (nSPS) is 12.4. The van der Waals surface area contributed by atoms with E-state index in [0.717, 1.165) is 67.5 Å². The fraction of sp³-hybridized carbons (Fsp3) is 0.489. The second-order valence-electron chi connectivity index (χ2n) is 18.2. The molecule has 0 atom stereocenters. The predicted octanol–water partition coefficient (Wildman–Crippen LogP) is 14.8. The van der Waals surface area contributed by atoms with Gasteiger partial charge in [-0.3, -0.25) is 9.05 Å². The molecule has 8 heteroatoms. The SMILES string of the molecule is CCOP(Oc1c(C)cccc1C(C)(C)C)Oc1c(C)cccc1C(C)(C)C.COP(Oc1c(C)cccc1C(C)(C)C)Oc1c(C)cccc1C(C)(C)C. The highest BCUT2D eigenvalue weighted by Crippen LogP contribution is 2.50. The van der Waals surface area contributed by atoms with Crippen LogP contribution in [-0.2, 0) is 30.7 Å². The first-order valence-electron chi connectivity index (χ1n) is 19.3. The van der Waals surface area contributed by atoms with Gasteiger partial charge in [-0.2, -0.15) is 0 Å². The zero-order chi connectivity index (χ0) is 41.5. The molecule has 0 radical (unpaired) electrons. The molecule has 6 nitrogen and oxygen atoms in total. The Hall–Kier alpha value is -3.14. The largest absolute Gasteiger partial charge is 0.463 e. The average Bonchev–Trinajstić information content (AvgIpc) is 3.06. The summed E-state index contributed by atoms with van der Waals surface area (Å²) in [6.45, 7) is 37.0. The zero-order valence-corrected chi connectivity index (χ0v) is 38.8. The Kier molecular flexibility index (Phi) is 15.9. The second kappa shape index (κ2) is 18.9. The van der Waals surface area contributed by atoms with Gasteiger partial charge in [0.15, 0.2) is 0 Å². The Labute approximate surface area is 336 Å². The van der Waals surface area contributed by atoms with E-state index in [9.17, 15) is 0 Å². The van der Waals surface area contributed by atoms with Crippen molar-refractivity contribution in [2.75, 3.05) is 13.7 Å². The van der Waals surface area contributed by atoms with Gasteiger partial charge >= 0.3 is 17.2 Å². The summed E-state index contributed by atoms with van der Waals surface area (Å²) in [5.74, 6) is 3.42. The van der Waals surface area contributed by atoms with E-state index in [1.807, 2.05) is 6.92 Å². The van der Waals surface area contributed by atoms with Gasteiger partial charge in [0.1, 0.15) is 23.0 Å². The number of hydrogen-bond acceptors (Lipinski definition) is 6. The fourth-order valence-electron chi connectivity index (χ4n) is 6.02. The Bertz CT molecular complexity index is 1730. The average molecular weight is 791 g/mol. The van der Waals surface area contributed by atoms with Gasteiger partial charge < -0.3 is 18.1 Å². The lowest BCUT2D eigenvalue weighted by Crippen LogP contribution is -2.16. The smallest absolute Gasteiger partial charge is 0.417 e. The Morgan fingerprint density at radius 1 is 0.400 bits per heavy atom. The van der Waals surface area contributed by atoms with Crippen LogP contribution >= 0.6 is 17.2 Å². The minimum atomic E-state index is -1.57. The van der Waals surface area contributed by atoms with E-state index in [1.54, 1.807) is 7.11 Å². The molecule has 0 N–H and O–H groups in total. The van der Waals surface area contributed by atoms with E-state index in [1.165, 1.54) is 0 Å². The van der Waals surface area contributed by atoms with Gasteiger partial charge in [-0.15, -0.1) is 0 Å². The molecular weight excluding hydrogens is 722 g/mol. The second-order valence-corrected chi connectivity index (χ2v) is 20.5. The van der Waals surface area contributed by atoms with Crippen molar-refractivity contribution < 1.29 is 27.1 Å². The molecule has 0 spiro atoms. The molecule has 0 amide bonds. The standard InChI is InChI=1S/C24H35O3P.C23H33O3P/c1-10-25-28(26-21-17(2)13-11-15-19(21)23(4,5)6)27-22-18(3)14-12-16-20(22)24(7,8)9;1-16-12-10-14-18(22(3,4)5)20(16)25-27(24-9)26-21-17(2)13-11-15-19(21)23(6,7)8/h11-16H,10H2,1-9H3;10-15H,1-9H3. The summed E-state index contributed by atoms with van der Waals surface area (Å²) in [5.41, 5.74) is 8.81. The summed E-state index contributed by atoms with van der Waals surface area (Å²) >= 11 is 0. The zero-order valence-electron chi connectivity index (χ0n) is 37.0. The molecule has 0 aliphatic rings. The predicted molar refractivity (Wildman–Crippen MR) is 235 cm³/mol. The maximum atomic E-state index is 6.39. The first-order chi connectivity index (χ1) is 25.4. The van der Waals surface area contributed by atoms with Gasteiger partial charge in [0.25, 0.3) is 0 Å². The number of para-hydroxylation sites is 4. The Balaban J connectivity index is 0.000000296. The first-order valence-corrected chi connectivity index (χ1v) is 21.5. The molecule has 4 aromatic rings. The van der Waals surface area contributed by atoms with Crippen molar-refractivity contribution in [3.8, 4) is 23.0 Å². The van der Waals surface area contributed by atoms with Crippen molar-refractivity contribution in [2.24, 2.45) is 0 Å². The van der Waals surface area contributed by atoms with Gasteiger partial charge in [-0.25, -0.2) is 0 Å². The summed E-state index contributed by atoms with van der Waals surface area (Å²) in [6, 6.07) is 25.0. The summed E-state index contributed by atoms with van der Waals surface area (Å²) in [4.78, 5) is 0. The van der Waals surface area contributed by atoms with Crippen molar-refractivity contribution in [3.05, 3.63) is 117 Å². The molecule has 0 heterocycles. The lowest BCUT2D eigenvalue weighted by molar-refractivity contribution is 0.276. The van der Waals surface area contributed by atoms with E-state index < -0.39 is 17.2 Å². The topological polar surface area (TPSA) is 55.4 Å². The van der Waals surface area contributed by atoms with Crippen LogP contribution in [0.1, 0.15) is 135 Å². The molecule has 0 aliphatic carbocycles. The Morgan fingerprint density at radius 3 is 0.836 bits per heavy atom. The molecule has 0 saturated carbocycles. The number of hydrogen-bond donors (Lipinski definition) is 0. The van der Waals surface area contributed by atoms with Crippen LogP contribution in [0.3, 0.4) is 0 Å². The van der Waals surface area contributed by atoms with Crippen LogP contribution < -0.4 is 18.1 Å². The van der Waals surface area contributed by atoms with Crippen molar-refractivity contribution in [1.29, 1.82) is 0 Å². The maximum Gasteiger partial charge on any atom is 0.463 e. The van der Waals surface area contributed by atoms with Crippen molar-refractivity contribution in [2.45, 2.75) is 139 Å². The molecule has 0 unspecified atom stereocenters. The van der Waals surface area contributed by atoms with Gasteiger partial charge in [0, 0.05) is 29.4 Å². The molecule has 302 valence electrons. The van der Waals surface area contributed by atoms with Gasteiger partial charge in [0.2, 0.25) is 0 Å². The summed E-state index contributed by atoms with van der Waals surface area (Å²) < 4.78 is 36.9. The van der Waals surface area contributed by atoms with Gasteiger partial charge in [-0.1, -0.05) is 156 Å². The first kappa shape index (κ1) is 46.2. The number of aryl methyl sites for hydroxylation is 4. The van der Waals surface area contributed by atoms with Crippen molar-refractivity contribution in [1.82, 2.24) is 0 Å². The van der Waals surface area contributed by atoms with Gasteiger partial charge in [0.05, 0.1) is 6.61 Å². The molecule has 0 saturated heterocycles. The van der Waals surface area contributed by atoms with Crippen molar-refractivity contribution in [3.63, 3.8) is 0 Å². The van der Waals surface area contributed by atoms with Crippen LogP contribution in [0.15, 0.2) is 72.8 Å². The summed E-state index contributed by atoms with van der Waals surface area (Å²) in [7, 11) is -1.51. The van der Waals surface area contributed by atoms with Crippen LogP contribution in [0.5, 0.6) is 23.0 Å². The van der Waals surface area contributed by atoms with E-state index in [2.05, 4.69) is 184 Å². The van der Waals surface area contributed by atoms with Crippen LogP contribution in [0.4, 0.5) is 0 Å². The van der Waals surface area contributed by atoms with E-state index in [-0.39, 0.29) is 21.7 Å². The van der Waals surface area contributed by atoms with Crippen LogP contribution in [0, 0.1) is 27.7 Å². The highest BCUT2D eigenvalue weighted by Gasteiger charge is 2.30. The third-order valence-corrected chi connectivity index (χ3v) is 11.2. The third-order valence-electron chi connectivity index (χ3n) is 9.13. The monoisotopic (exact) mass is 790 g/mol. The quantitative estimate of drug-likeness (QED) is 0.141.